The van der Waals surface area contributed by atoms with Crippen molar-refractivity contribution < 1.29 is 29.3 Å². The van der Waals surface area contributed by atoms with Gasteiger partial charge in [-0.05, 0) is 37.5 Å². The molecule has 0 aromatic rings. The molecule has 0 aromatic heterocycles. The fourth-order valence-electron chi connectivity index (χ4n) is 5.85. The van der Waals surface area contributed by atoms with E-state index in [1.807, 2.05) is 0 Å². The number of carbonyl (C=O) groups excluding carboxylic acids is 1. The van der Waals surface area contributed by atoms with Crippen LogP contribution in [0.15, 0.2) is 0 Å². The number of fused-ring (bicyclic) bond motifs is 1. The van der Waals surface area contributed by atoms with Crippen LogP contribution in [0, 0.1) is 34.5 Å². The molecule has 0 unspecified atom stereocenters. The van der Waals surface area contributed by atoms with Gasteiger partial charge in [0.05, 0.1) is 11.8 Å². The minimum atomic E-state index is -1.04. The van der Waals surface area contributed by atoms with Gasteiger partial charge in [0.2, 0.25) is 0 Å². The molecule has 3 aliphatic rings. The SMILES string of the molecule is CC1(C)[C@H]2C[C@H]3[C@H](C(=O)O)[C@H](C(=O)O)CC[C@@]3(C2)[C@@H]1OC=O. The van der Waals surface area contributed by atoms with E-state index in [1.54, 1.807) is 0 Å². The second kappa shape index (κ2) is 4.70. The maximum Gasteiger partial charge on any atom is 0.307 e. The van der Waals surface area contributed by atoms with E-state index in [0.29, 0.717) is 25.7 Å². The molecule has 0 aromatic carbocycles. The Morgan fingerprint density at radius 1 is 1.23 bits per heavy atom. The number of hydrogen-bond donors (Lipinski definition) is 2. The lowest BCUT2D eigenvalue weighted by atomic mass is 9.53. The number of rotatable bonds is 4. The maximum absolute atomic E-state index is 11.7. The monoisotopic (exact) mass is 310 g/mol. The lowest BCUT2D eigenvalue weighted by Crippen LogP contribution is -2.55. The highest BCUT2D eigenvalue weighted by Crippen LogP contribution is 2.71. The summed E-state index contributed by atoms with van der Waals surface area (Å²) in [5, 5.41) is 19.0. The first-order chi connectivity index (χ1) is 10.3. The summed E-state index contributed by atoms with van der Waals surface area (Å²) in [6.45, 7) is 4.59. The van der Waals surface area contributed by atoms with Crippen molar-refractivity contribution in [2.45, 2.75) is 45.6 Å². The van der Waals surface area contributed by atoms with Gasteiger partial charge in [0.1, 0.15) is 6.10 Å². The lowest BCUT2D eigenvalue weighted by molar-refractivity contribution is -0.180. The van der Waals surface area contributed by atoms with Crippen LogP contribution in [0.1, 0.15) is 39.5 Å². The second-order valence-electron chi connectivity index (χ2n) is 7.76. The highest BCUT2D eigenvalue weighted by Gasteiger charge is 2.71. The molecule has 0 heterocycles. The van der Waals surface area contributed by atoms with E-state index in [1.165, 1.54) is 0 Å². The van der Waals surface area contributed by atoms with Crippen LogP contribution in [0.3, 0.4) is 0 Å². The number of carboxylic acids is 2. The van der Waals surface area contributed by atoms with Crippen molar-refractivity contribution >= 4 is 18.4 Å². The molecule has 6 nitrogen and oxygen atoms in total. The van der Waals surface area contributed by atoms with Crippen LogP contribution >= 0.6 is 0 Å². The smallest absolute Gasteiger partial charge is 0.307 e. The molecule has 3 aliphatic carbocycles. The Kier molecular flexibility index (Phi) is 3.27. The van der Waals surface area contributed by atoms with Gasteiger partial charge in [0, 0.05) is 10.8 Å². The Balaban J connectivity index is 2.02. The van der Waals surface area contributed by atoms with E-state index in [-0.39, 0.29) is 28.8 Å². The first-order valence-electron chi connectivity index (χ1n) is 7.80. The Morgan fingerprint density at radius 2 is 1.91 bits per heavy atom. The topological polar surface area (TPSA) is 101 Å². The number of hydrogen-bond acceptors (Lipinski definition) is 4. The van der Waals surface area contributed by atoms with Crippen LogP contribution in [0.25, 0.3) is 0 Å². The van der Waals surface area contributed by atoms with Crippen molar-refractivity contribution in [2.75, 3.05) is 0 Å². The molecule has 22 heavy (non-hydrogen) atoms. The van der Waals surface area contributed by atoms with Crippen LogP contribution < -0.4 is 0 Å². The van der Waals surface area contributed by atoms with E-state index in [9.17, 15) is 24.6 Å². The minimum Gasteiger partial charge on any atom is -0.481 e. The molecule has 0 radical (unpaired) electrons. The first kappa shape index (κ1) is 15.3. The Morgan fingerprint density at radius 3 is 2.45 bits per heavy atom. The lowest BCUT2D eigenvalue weighted by Gasteiger charge is -2.52. The third kappa shape index (κ3) is 1.75. The highest BCUT2D eigenvalue weighted by atomic mass is 16.5. The van der Waals surface area contributed by atoms with Crippen molar-refractivity contribution in [3.8, 4) is 0 Å². The Hall–Kier alpha value is -1.59. The molecule has 0 saturated heterocycles. The molecule has 122 valence electrons. The van der Waals surface area contributed by atoms with Gasteiger partial charge in [0.15, 0.2) is 0 Å². The van der Waals surface area contributed by atoms with E-state index in [4.69, 9.17) is 4.74 Å². The predicted molar refractivity (Wildman–Crippen MR) is 74.9 cm³/mol. The van der Waals surface area contributed by atoms with Gasteiger partial charge in [-0.3, -0.25) is 14.4 Å². The van der Waals surface area contributed by atoms with Crippen molar-refractivity contribution in [1.82, 2.24) is 0 Å². The standard InChI is InChI=1S/C16H22O6/c1-15(2)8-5-10-11(13(20)21)9(12(18)19)3-4-16(10,6-8)14(15)22-7-17/h7-11,14H,3-6H2,1-2H3,(H,18,19)(H,20,21)/t8-,9+,10-,11+,14+,16-/m0/s1. The average Bonchev–Trinajstić information content (AvgIpc) is 2.90. The van der Waals surface area contributed by atoms with E-state index >= 15 is 0 Å². The summed E-state index contributed by atoms with van der Waals surface area (Å²) >= 11 is 0. The van der Waals surface area contributed by atoms with Gasteiger partial charge >= 0.3 is 11.9 Å². The zero-order valence-electron chi connectivity index (χ0n) is 12.8. The number of carboxylic acid groups (broad SMARTS) is 2. The summed E-state index contributed by atoms with van der Waals surface area (Å²) in [6, 6.07) is 0. The van der Waals surface area contributed by atoms with Crippen LogP contribution in [0.4, 0.5) is 0 Å². The van der Waals surface area contributed by atoms with Gasteiger partial charge < -0.3 is 14.9 Å². The van der Waals surface area contributed by atoms with Crippen LogP contribution in [-0.4, -0.2) is 34.7 Å². The van der Waals surface area contributed by atoms with Crippen LogP contribution in [0.5, 0.6) is 0 Å². The fraction of sp³-hybridized carbons (Fsp3) is 0.812. The minimum absolute atomic E-state index is 0.184. The van der Waals surface area contributed by atoms with E-state index < -0.39 is 23.8 Å². The molecule has 3 fully saturated rings. The predicted octanol–water partition coefficient (Wildman–Crippen LogP) is 1.78. The van der Waals surface area contributed by atoms with Gasteiger partial charge in [0.25, 0.3) is 6.47 Å². The molecule has 3 rings (SSSR count). The number of ether oxygens (including phenoxy) is 1. The number of carbonyl (C=O) groups is 3. The zero-order valence-corrected chi connectivity index (χ0v) is 12.8. The van der Waals surface area contributed by atoms with Gasteiger partial charge in [-0.2, -0.15) is 0 Å². The average molecular weight is 310 g/mol. The van der Waals surface area contributed by atoms with E-state index in [0.717, 1.165) is 6.42 Å². The van der Waals surface area contributed by atoms with Gasteiger partial charge in [-0.15, -0.1) is 0 Å². The largest absolute Gasteiger partial charge is 0.481 e. The molecular weight excluding hydrogens is 288 g/mol. The van der Waals surface area contributed by atoms with Crippen molar-refractivity contribution in [3.63, 3.8) is 0 Å². The van der Waals surface area contributed by atoms with Gasteiger partial charge in [-0.1, -0.05) is 13.8 Å². The van der Waals surface area contributed by atoms with Crippen LogP contribution in [-0.2, 0) is 19.1 Å². The summed E-state index contributed by atoms with van der Waals surface area (Å²) in [5.41, 5.74) is -0.555. The summed E-state index contributed by atoms with van der Waals surface area (Å²) in [7, 11) is 0. The van der Waals surface area contributed by atoms with Crippen molar-refractivity contribution in [1.29, 1.82) is 0 Å². The quantitative estimate of drug-likeness (QED) is 0.768. The summed E-state index contributed by atoms with van der Waals surface area (Å²) in [5.74, 6) is -3.74. The molecule has 1 spiro atoms. The van der Waals surface area contributed by atoms with E-state index in [2.05, 4.69) is 13.8 Å². The molecule has 2 bridgehead atoms. The van der Waals surface area contributed by atoms with Crippen molar-refractivity contribution in [2.24, 2.45) is 34.5 Å². The molecule has 6 heteroatoms. The fourth-order valence-corrected chi connectivity index (χ4v) is 5.85. The number of aliphatic carboxylic acids is 2. The summed E-state index contributed by atoms with van der Waals surface area (Å²) in [4.78, 5) is 34.1. The molecule has 3 saturated carbocycles. The summed E-state index contributed by atoms with van der Waals surface area (Å²) in [6.07, 6.45) is 2.19. The first-order valence-corrected chi connectivity index (χ1v) is 7.80. The second-order valence-corrected chi connectivity index (χ2v) is 7.76. The van der Waals surface area contributed by atoms with Gasteiger partial charge in [-0.25, -0.2) is 0 Å². The normalized spacial score (nSPS) is 45.1. The Bertz CT molecular complexity index is 527. The zero-order chi connectivity index (χ0) is 16.3. The summed E-state index contributed by atoms with van der Waals surface area (Å²) < 4.78 is 5.42. The maximum atomic E-state index is 11.7. The van der Waals surface area contributed by atoms with Crippen molar-refractivity contribution in [3.05, 3.63) is 0 Å². The molecule has 2 N–H and O–H groups in total. The molecule has 0 amide bonds. The third-order valence-electron chi connectivity index (χ3n) is 6.74. The van der Waals surface area contributed by atoms with Crippen LogP contribution in [0.2, 0.25) is 0 Å². The third-order valence-corrected chi connectivity index (χ3v) is 6.74. The molecule has 6 atom stereocenters. The Labute approximate surface area is 128 Å². The highest BCUT2D eigenvalue weighted by molar-refractivity contribution is 5.80. The molecule has 0 aliphatic heterocycles. The molecular formula is C16H22O6.